The molecular formula is C17H20FN3O. The van der Waals surface area contributed by atoms with Crippen molar-refractivity contribution in [2.45, 2.75) is 40.0 Å². The Morgan fingerprint density at radius 3 is 2.68 bits per heavy atom. The van der Waals surface area contributed by atoms with Gasteiger partial charge in [-0.3, -0.25) is 0 Å². The number of rotatable bonds is 4. The molecular weight excluding hydrogens is 281 g/mol. The average Bonchev–Trinajstić information content (AvgIpc) is 2.97. The Kier molecular flexibility index (Phi) is 3.74. The van der Waals surface area contributed by atoms with Crippen LogP contribution in [0.5, 0.6) is 0 Å². The zero-order valence-electron chi connectivity index (χ0n) is 13.0. The van der Waals surface area contributed by atoms with Gasteiger partial charge in [-0.05, 0) is 44.5 Å². The number of hydrogen-bond donors (Lipinski definition) is 1. The minimum atomic E-state index is -0.536. The summed E-state index contributed by atoms with van der Waals surface area (Å²) in [5.74, 6) is 0.647. The minimum absolute atomic E-state index is 0.234. The molecule has 0 aliphatic heterocycles. The van der Waals surface area contributed by atoms with Crippen LogP contribution in [0.2, 0.25) is 0 Å². The molecule has 0 amide bonds. The highest BCUT2D eigenvalue weighted by Crippen LogP contribution is 2.26. The van der Waals surface area contributed by atoms with Gasteiger partial charge in [0, 0.05) is 29.0 Å². The summed E-state index contributed by atoms with van der Waals surface area (Å²) in [6.45, 7) is 6.86. The summed E-state index contributed by atoms with van der Waals surface area (Å²) in [4.78, 5) is 4.16. The molecule has 3 aromatic rings. The van der Waals surface area contributed by atoms with Crippen LogP contribution in [0.25, 0.3) is 10.9 Å². The van der Waals surface area contributed by atoms with Crippen molar-refractivity contribution in [1.82, 2.24) is 14.1 Å². The maximum Gasteiger partial charge on any atom is 0.123 e. The van der Waals surface area contributed by atoms with E-state index in [0.717, 1.165) is 28.0 Å². The van der Waals surface area contributed by atoms with Gasteiger partial charge in [-0.15, -0.1) is 0 Å². The van der Waals surface area contributed by atoms with Gasteiger partial charge in [0.25, 0.3) is 0 Å². The third-order valence-corrected chi connectivity index (χ3v) is 4.33. The molecule has 1 unspecified atom stereocenters. The van der Waals surface area contributed by atoms with Crippen molar-refractivity contribution < 1.29 is 9.50 Å². The monoisotopic (exact) mass is 301 g/mol. The van der Waals surface area contributed by atoms with Gasteiger partial charge in [-0.25, -0.2) is 9.37 Å². The summed E-state index contributed by atoms with van der Waals surface area (Å²) in [7, 11) is 0. The van der Waals surface area contributed by atoms with E-state index in [1.807, 2.05) is 31.5 Å². The van der Waals surface area contributed by atoms with E-state index in [9.17, 15) is 9.50 Å². The average molecular weight is 301 g/mol. The SMILES string of the molecule is Cc1c(C)n(CC(O)Cn2ccnc2C)c2ccc(F)cc12. The number of benzene rings is 1. The molecule has 4 nitrogen and oxygen atoms in total. The van der Waals surface area contributed by atoms with Crippen molar-refractivity contribution in [3.05, 3.63) is 53.5 Å². The van der Waals surface area contributed by atoms with Crippen molar-refractivity contribution in [2.75, 3.05) is 0 Å². The lowest BCUT2D eigenvalue weighted by Crippen LogP contribution is -2.23. The molecule has 5 heteroatoms. The number of aromatic nitrogens is 3. The number of fused-ring (bicyclic) bond motifs is 1. The quantitative estimate of drug-likeness (QED) is 0.805. The van der Waals surface area contributed by atoms with Crippen molar-refractivity contribution in [2.24, 2.45) is 0 Å². The van der Waals surface area contributed by atoms with E-state index in [0.29, 0.717) is 13.1 Å². The van der Waals surface area contributed by atoms with Crippen LogP contribution in [0.15, 0.2) is 30.6 Å². The van der Waals surface area contributed by atoms with Gasteiger partial charge in [-0.1, -0.05) is 0 Å². The largest absolute Gasteiger partial charge is 0.389 e. The molecule has 2 aromatic heterocycles. The first-order valence-electron chi connectivity index (χ1n) is 7.38. The van der Waals surface area contributed by atoms with E-state index in [1.165, 1.54) is 6.07 Å². The zero-order valence-corrected chi connectivity index (χ0v) is 13.0. The van der Waals surface area contributed by atoms with E-state index < -0.39 is 6.10 Å². The summed E-state index contributed by atoms with van der Waals surface area (Å²) in [5, 5.41) is 11.3. The Bertz CT molecular complexity index is 819. The summed E-state index contributed by atoms with van der Waals surface area (Å²) >= 11 is 0. The zero-order chi connectivity index (χ0) is 15.9. The number of aryl methyl sites for hydroxylation is 2. The summed E-state index contributed by atoms with van der Waals surface area (Å²) in [5.41, 5.74) is 3.07. The Morgan fingerprint density at radius 2 is 2.00 bits per heavy atom. The van der Waals surface area contributed by atoms with E-state index in [1.54, 1.807) is 18.3 Å². The normalized spacial score (nSPS) is 13.0. The molecule has 116 valence electrons. The third kappa shape index (κ3) is 2.52. The van der Waals surface area contributed by atoms with Crippen LogP contribution < -0.4 is 0 Å². The third-order valence-electron chi connectivity index (χ3n) is 4.33. The fraction of sp³-hybridized carbons (Fsp3) is 0.353. The second kappa shape index (κ2) is 5.57. The second-order valence-corrected chi connectivity index (χ2v) is 5.76. The maximum absolute atomic E-state index is 13.4. The van der Waals surface area contributed by atoms with Crippen LogP contribution in [0.4, 0.5) is 4.39 Å². The van der Waals surface area contributed by atoms with Gasteiger partial charge in [0.1, 0.15) is 11.6 Å². The smallest absolute Gasteiger partial charge is 0.123 e. The lowest BCUT2D eigenvalue weighted by molar-refractivity contribution is 0.134. The number of imidazole rings is 1. The van der Waals surface area contributed by atoms with Crippen LogP contribution in [0.1, 0.15) is 17.1 Å². The second-order valence-electron chi connectivity index (χ2n) is 5.76. The highest BCUT2D eigenvalue weighted by Gasteiger charge is 2.15. The summed E-state index contributed by atoms with van der Waals surface area (Å²) in [6, 6.07) is 4.80. The first-order valence-corrected chi connectivity index (χ1v) is 7.38. The van der Waals surface area contributed by atoms with Crippen LogP contribution >= 0.6 is 0 Å². The number of hydrogen-bond acceptors (Lipinski definition) is 2. The minimum Gasteiger partial charge on any atom is -0.389 e. The molecule has 3 rings (SSSR count). The van der Waals surface area contributed by atoms with Crippen molar-refractivity contribution in [3.63, 3.8) is 0 Å². The number of nitrogens with zero attached hydrogens (tertiary/aromatic N) is 3. The predicted molar refractivity (Wildman–Crippen MR) is 84.3 cm³/mol. The predicted octanol–water partition coefficient (Wildman–Crippen LogP) is 2.96. The molecule has 0 saturated heterocycles. The van der Waals surface area contributed by atoms with Gasteiger partial charge >= 0.3 is 0 Å². The van der Waals surface area contributed by atoms with Crippen LogP contribution in [0, 0.1) is 26.6 Å². The molecule has 0 spiro atoms. The topological polar surface area (TPSA) is 43.0 Å². The molecule has 22 heavy (non-hydrogen) atoms. The standard InChI is InChI=1S/C17H20FN3O/c1-11-12(2)21(17-5-4-14(18)8-16(11)17)10-15(22)9-20-7-6-19-13(20)3/h4-8,15,22H,9-10H2,1-3H3. The Labute approximate surface area is 128 Å². The highest BCUT2D eigenvalue weighted by atomic mass is 19.1. The van der Waals surface area contributed by atoms with Gasteiger partial charge < -0.3 is 14.2 Å². The molecule has 0 bridgehead atoms. The molecule has 2 heterocycles. The van der Waals surface area contributed by atoms with Gasteiger partial charge in [0.15, 0.2) is 0 Å². The Balaban J connectivity index is 1.90. The van der Waals surface area contributed by atoms with Crippen LogP contribution in [-0.2, 0) is 13.1 Å². The highest BCUT2D eigenvalue weighted by molar-refractivity contribution is 5.85. The number of aliphatic hydroxyl groups excluding tert-OH is 1. The van der Waals surface area contributed by atoms with Crippen LogP contribution in [-0.4, -0.2) is 25.3 Å². The van der Waals surface area contributed by atoms with Gasteiger partial charge in [-0.2, -0.15) is 0 Å². The fourth-order valence-electron chi connectivity index (χ4n) is 2.95. The molecule has 0 aliphatic carbocycles. The molecule has 0 radical (unpaired) electrons. The first-order chi connectivity index (χ1) is 10.5. The number of halogens is 1. The Morgan fingerprint density at radius 1 is 1.23 bits per heavy atom. The fourth-order valence-corrected chi connectivity index (χ4v) is 2.95. The lowest BCUT2D eigenvalue weighted by atomic mass is 10.1. The molecule has 1 atom stereocenters. The molecule has 0 saturated carbocycles. The van der Waals surface area contributed by atoms with E-state index in [4.69, 9.17) is 0 Å². The van der Waals surface area contributed by atoms with Gasteiger partial charge in [0.2, 0.25) is 0 Å². The van der Waals surface area contributed by atoms with E-state index >= 15 is 0 Å². The van der Waals surface area contributed by atoms with Crippen molar-refractivity contribution in [3.8, 4) is 0 Å². The van der Waals surface area contributed by atoms with Gasteiger partial charge in [0.05, 0.1) is 19.2 Å². The molecule has 1 aromatic carbocycles. The molecule has 1 N–H and O–H groups in total. The van der Waals surface area contributed by atoms with Crippen molar-refractivity contribution >= 4 is 10.9 Å². The Hall–Kier alpha value is -2.14. The lowest BCUT2D eigenvalue weighted by Gasteiger charge is -2.16. The first kappa shape index (κ1) is 14.8. The van der Waals surface area contributed by atoms with E-state index in [-0.39, 0.29) is 5.82 Å². The van der Waals surface area contributed by atoms with Crippen molar-refractivity contribution in [1.29, 1.82) is 0 Å². The molecule has 0 aliphatic rings. The molecule has 0 fully saturated rings. The number of aliphatic hydroxyl groups is 1. The maximum atomic E-state index is 13.4. The summed E-state index contributed by atoms with van der Waals surface area (Å²) in [6.07, 6.45) is 3.05. The summed E-state index contributed by atoms with van der Waals surface area (Å²) < 4.78 is 17.4. The van der Waals surface area contributed by atoms with Crippen LogP contribution in [0.3, 0.4) is 0 Å². The van der Waals surface area contributed by atoms with E-state index in [2.05, 4.69) is 9.55 Å².